The Bertz CT molecular complexity index is 444. The van der Waals surface area contributed by atoms with Crippen LogP contribution in [0.4, 0.5) is 0 Å². The van der Waals surface area contributed by atoms with Crippen molar-refractivity contribution < 1.29 is 4.79 Å². The van der Waals surface area contributed by atoms with Gasteiger partial charge in [-0.15, -0.1) is 0 Å². The molecule has 0 radical (unpaired) electrons. The van der Waals surface area contributed by atoms with Gasteiger partial charge in [-0.1, -0.05) is 0 Å². The Morgan fingerprint density at radius 3 is 2.50 bits per heavy atom. The lowest BCUT2D eigenvalue weighted by atomic mass is 9.99. The van der Waals surface area contributed by atoms with Crippen LogP contribution in [0.15, 0.2) is 6.33 Å². The van der Waals surface area contributed by atoms with Crippen LogP contribution >= 0.6 is 0 Å². The molecular weight excluding hydrogens is 228 g/mol. The van der Waals surface area contributed by atoms with Crippen molar-refractivity contribution >= 4 is 5.91 Å². The minimum absolute atomic E-state index is 0.0282. The monoisotopic (exact) mass is 250 g/mol. The number of nitrogens with zero attached hydrogens (tertiary/aromatic N) is 4. The lowest BCUT2D eigenvalue weighted by Crippen LogP contribution is -2.59. The minimum atomic E-state index is 0.0282. The number of carbonyl (C=O) groups excluding carboxylic acids is 1. The number of piperazine rings is 1. The predicted octanol–water partition coefficient (Wildman–Crippen LogP) is 0.895. The van der Waals surface area contributed by atoms with Gasteiger partial charge in [0.2, 0.25) is 0 Å². The fourth-order valence-electron chi connectivity index (χ4n) is 2.42. The Labute approximate surface area is 108 Å². The molecular formula is C13H22N4O. The summed E-state index contributed by atoms with van der Waals surface area (Å²) in [6.07, 6.45) is 1.70. The van der Waals surface area contributed by atoms with Crippen molar-refractivity contribution in [1.82, 2.24) is 19.4 Å². The van der Waals surface area contributed by atoms with Crippen LogP contribution in [-0.4, -0.2) is 57.5 Å². The topological polar surface area (TPSA) is 41.4 Å². The van der Waals surface area contributed by atoms with Crippen molar-refractivity contribution in [1.29, 1.82) is 0 Å². The summed E-state index contributed by atoms with van der Waals surface area (Å²) in [7, 11) is 3.98. The maximum absolute atomic E-state index is 12.5. The molecule has 1 saturated heterocycles. The van der Waals surface area contributed by atoms with E-state index < -0.39 is 0 Å². The average Bonchev–Trinajstić information content (AvgIpc) is 2.61. The third-order valence-electron chi connectivity index (χ3n) is 3.93. The van der Waals surface area contributed by atoms with E-state index in [9.17, 15) is 4.79 Å². The molecule has 0 bridgehead atoms. The van der Waals surface area contributed by atoms with Crippen LogP contribution in [0.3, 0.4) is 0 Å². The summed E-state index contributed by atoms with van der Waals surface area (Å²) in [6, 6.07) is 0. The highest BCUT2D eigenvalue weighted by Gasteiger charge is 2.34. The molecule has 1 aromatic heterocycles. The van der Waals surface area contributed by atoms with E-state index in [1.807, 2.05) is 23.4 Å². The van der Waals surface area contributed by atoms with Gasteiger partial charge < -0.3 is 9.47 Å². The van der Waals surface area contributed by atoms with Crippen LogP contribution in [-0.2, 0) is 7.05 Å². The quantitative estimate of drug-likeness (QED) is 0.743. The molecule has 0 spiro atoms. The molecule has 1 aliphatic heterocycles. The van der Waals surface area contributed by atoms with Gasteiger partial charge in [0.05, 0.1) is 12.0 Å². The van der Waals surface area contributed by atoms with Crippen molar-refractivity contribution in [2.45, 2.75) is 26.3 Å². The molecule has 2 heterocycles. The van der Waals surface area contributed by atoms with E-state index in [0.29, 0.717) is 5.69 Å². The molecule has 18 heavy (non-hydrogen) atoms. The first-order valence-electron chi connectivity index (χ1n) is 6.31. The summed E-state index contributed by atoms with van der Waals surface area (Å²) in [5, 5.41) is 0. The summed E-state index contributed by atoms with van der Waals surface area (Å²) in [6.45, 7) is 8.67. The summed E-state index contributed by atoms with van der Waals surface area (Å²) in [4.78, 5) is 21.0. The van der Waals surface area contributed by atoms with E-state index in [4.69, 9.17) is 0 Å². The van der Waals surface area contributed by atoms with E-state index in [1.165, 1.54) is 0 Å². The van der Waals surface area contributed by atoms with Crippen molar-refractivity contribution in [2.24, 2.45) is 7.05 Å². The lowest BCUT2D eigenvalue weighted by Gasteiger charge is -2.45. The van der Waals surface area contributed by atoms with Crippen LogP contribution < -0.4 is 0 Å². The van der Waals surface area contributed by atoms with Gasteiger partial charge in [0.25, 0.3) is 5.91 Å². The van der Waals surface area contributed by atoms with Gasteiger partial charge >= 0.3 is 0 Å². The number of imidazole rings is 1. The number of likely N-dealkylation sites (N-methyl/N-ethyl adjacent to an activating group) is 1. The third-order valence-corrected chi connectivity index (χ3v) is 3.93. The highest BCUT2D eigenvalue weighted by atomic mass is 16.2. The first-order valence-corrected chi connectivity index (χ1v) is 6.31. The Balaban J connectivity index is 2.21. The SMILES string of the molecule is Cc1ncn(C)c1C(=O)N1CCN(C)C(C)(C)C1. The average molecular weight is 250 g/mol. The molecule has 1 aliphatic rings. The van der Waals surface area contributed by atoms with Crippen LogP contribution in [0, 0.1) is 6.92 Å². The van der Waals surface area contributed by atoms with E-state index >= 15 is 0 Å². The molecule has 0 N–H and O–H groups in total. The number of hydrogen-bond donors (Lipinski definition) is 0. The molecule has 100 valence electrons. The molecule has 1 amide bonds. The van der Waals surface area contributed by atoms with Gasteiger partial charge in [-0.2, -0.15) is 0 Å². The molecule has 5 nitrogen and oxygen atoms in total. The van der Waals surface area contributed by atoms with Crippen molar-refractivity contribution in [2.75, 3.05) is 26.7 Å². The molecule has 0 atom stereocenters. The Morgan fingerprint density at radius 1 is 1.33 bits per heavy atom. The summed E-state index contributed by atoms with van der Waals surface area (Å²) >= 11 is 0. The maximum Gasteiger partial charge on any atom is 0.272 e. The van der Waals surface area contributed by atoms with Gasteiger partial charge in [0, 0.05) is 32.2 Å². The number of carbonyl (C=O) groups is 1. The molecule has 1 fully saturated rings. The molecule has 0 unspecified atom stereocenters. The predicted molar refractivity (Wildman–Crippen MR) is 70.6 cm³/mol. The number of amides is 1. The van der Waals surface area contributed by atoms with Gasteiger partial charge in [-0.05, 0) is 27.8 Å². The zero-order valence-corrected chi connectivity index (χ0v) is 11.9. The number of aromatic nitrogens is 2. The Hall–Kier alpha value is -1.36. The fourth-order valence-corrected chi connectivity index (χ4v) is 2.42. The Kier molecular flexibility index (Phi) is 3.19. The highest BCUT2D eigenvalue weighted by molar-refractivity contribution is 5.93. The number of rotatable bonds is 1. The first-order chi connectivity index (χ1) is 8.33. The van der Waals surface area contributed by atoms with Gasteiger partial charge in [0.15, 0.2) is 0 Å². The molecule has 5 heteroatoms. The first kappa shape index (κ1) is 13.1. The summed E-state index contributed by atoms with van der Waals surface area (Å²) in [5.74, 6) is 0.0914. The van der Waals surface area contributed by atoms with Crippen LogP contribution in [0.5, 0.6) is 0 Å². The second-order valence-corrected chi connectivity index (χ2v) is 5.75. The van der Waals surface area contributed by atoms with Gasteiger partial charge in [-0.25, -0.2) is 4.98 Å². The standard InChI is InChI=1S/C13H22N4O/c1-10-11(15(4)9-14-10)12(18)17-7-6-16(5)13(2,3)8-17/h9H,6-8H2,1-5H3. The molecule has 2 rings (SSSR count). The molecule has 1 aromatic rings. The van der Waals surface area contributed by atoms with Crippen LogP contribution in [0.1, 0.15) is 30.0 Å². The van der Waals surface area contributed by atoms with Crippen LogP contribution in [0.25, 0.3) is 0 Å². The fraction of sp³-hybridized carbons (Fsp3) is 0.692. The van der Waals surface area contributed by atoms with Crippen molar-refractivity contribution in [3.63, 3.8) is 0 Å². The van der Waals surface area contributed by atoms with E-state index in [-0.39, 0.29) is 11.4 Å². The zero-order valence-electron chi connectivity index (χ0n) is 11.9. The number of aryl methyl sites for hydroxylation is 2. The molecule has 0 aliphatic carbocycles. The zero-order chi connectivity index (χ0) is 13.5. The smallest absolute Gasteiger partial charge is 0.272 e. The van der Waals surface area contributed by atoms with Crippen molar-refractivity contribution in [3.05, 3.63) is 17.7 Å². The maximum atomic E-state index is 12.5. The lowest BCUT2D eigenvalue weighted by molar-refractivity contribution is 0.0304. The highest BCUT2D eigenvalue weighted by Crippen LogP contribution is 2.21. The van der Waals surface area contributed by atoms with Crippen molar-refractivity contribution in [3.8, 4) is 0 Å². The van der Waals surface area contributed by atoms with E-state index in [0.717, 1.165) is 25.3 Å². The third kappa shape index (κ3) is 2.14. The summed E-state index contributed by atoms with van der Waals surface area (Å²) in [5.41, 5.74) is 1.54. The number of hydrogen-bond acceptors (Lipinski definition) is 3. The Morgan fingerprint density at radius 2 is 2.00 bits per heavy atom. The minimum Gasteiger partial charge on any atom is -0.334 e. The van der Waals surface area contributed by atoms with Gasteiger partial charge in [0.1, 0.15) is 5.69 Å². The van der Waals surface area contributed by atoms with Crippen LogP contribution in [0.2, 0.25) is 0 Å². The van der Waals surface area contributed by atoms with E-state index in [1.54, 1.807) is 6.33 Å². The largest absolute Gasteiger partial charge is 0.334 e. The molecule has 0 saturated carbocycles. The normalized spacial score (nSPS) is 20.2. The van der Waals surface area contributed by atoms with E-state index in [2.05, 4.69) is 30.8 Å². The summed E-state index contributed by atoms with van der Waals surface area (Å²) < 4.78 is 1.81. The second-order valence-electron chi connectivity index (χ2n) is 5.75. The molecule has 0 aromatic carbocycles. The second kappa shape index (κ2) is 4.39. The van der Waals surface area contributed by atoms with Gasteiger partial charge in [-0.3, -0.25) is 9.69 Å².